The molecule has 4 bridgehead atoms. The molecular formula is C39H32. The molecule has 11 rings (SSSR count). The Balaban J connectivity index is 1.12. The van der Waals surface area contributed by atoms with Crippen LogP contribution in [0.15, 0.2) is 97.1 Å². The summed E-state index contributed by atoms with van der Waals surface area (Å²) in [6, 6.07) is 37.8. The Morgan fingerprint density at radius 3 is 2.10 bits per heavy atom. The van der Waals surface area contributed by atoms with Crippen molar-refractivity contribution in [2.45, 2.75) is 43.9 Å². The molecule has 5 aromatic carbocycles. The third-order valence-electron chi connectivity index (χ3n) is 11.7. The zero-order chi connectivity index (χ0) is 25.3. The van der Waals surface area contributed by atoms with Gasteiger partial charge in [0.1, 0.15) is 0 Å². The SMILES string of the molecule is c1ccc2c(c1)-c1cc(-c3ccc4c(c3)Cc3ccc5ccccc5c3-4)ccc1C21C2CC3CC(C2)CC1C3. The van der Waals surface area contributed by atoms with E-state index in [2.05, 4.69) is 97.1 Å². The van der Waals surface area contributed by atoms with E-state index in [1.54, 1.807) is 11.1 Å². The van der Waals surface area contributed by atoms with Gasteiger partial charge in [-0.25, -0.2) is 0 Å². The van der Waals surface area contributed by atoms with Crippen molar-refractivity contribution >= 4 is 10.8 Å². The molecule has 5 aromatic rings. The standard InChI is InChI=1S/C39H32/c1-2-6-32-25(5-1)9-10-28-21-29-20-26(11-13-33(29)38(28)32)27-12-14-37-35(22-27)34-7-3-4-8-36(34)39(37)30-16-23-15-24(18-30)19-31(39)17-23/h1-14,20,22-24,30-31H,15-19,21H2. The Morgan fingerprint density at radius 2 is 1.23 bits per heavy atom. The van der Waals surface area contributed by atoms with Gasteiger partial charge in [-0.2, -0.15) is 0 Å². The van der Waals surface area contributed by atoms with Crippen molar-refractivity contribution in [3.8, 4) is 33.4 Å². The molecule has 39 heavy (non-hydrogen) atoms. The maximum atomic E-state index is 2.56. The molecule has 0 heterocycles. The van der Waals surface area contributed by atoms with Crippen LogP contribution in [-0.4, -0.2) is 0 Å². The molecule has 0 aromatic heterocycles. The summed E-state index contributed by atoms with van der Waals surface area (Å²) in [5.74, 6) is 3.63. The first-order valence-corrected chi connectivity index (χ1v) is 15.2. The minimum absolute atomic E-state index is 0.262. The van der Waals surface area contributed by atoms with Crippen molar-refractivity contribution in [2.75, 3.05) is 0 Å². The second-order valence-corrected chi connectivity index (χ2v) is 13.3. The Labute approximate surface area is 230 Å². The lowest BCUT2D eigenvalue weighted by Gasteiger charge is -2.61. The highest BCUT2D eigenvalue weighted by Gasteiger charge is 2.61. The van der Waals surface area contributed by atoms with Crippen LogP contribution in [0.3, 0.4) is 0 Å². The molecule has 0 N–H and O–H groups in total. The van der Waals surface area contributed by atoms with Crippen LogP contribution in [0.1, 0.15) is 54.4 Å². The van der Waals surface area contributed by atoms with E-state index in [1.807, 2.05) is 0 Å². The van der Waals surface area contributed by atoms with Crippen LogP contribution in [-0.2, 0) is 11.8 Å². The van der Waals surface area contributed by atoms with E-state index in [4.69, 9.17) is 0 Å². The minimum atomic E-state index is 0.262. The zero-order valence-corrected chi connectivity index (χ0v) is 22.3. The van der Waals surface area contributed by atoms with Crippen LogP contribution in [0.2, 0.25) is 0 Å². The Kier molecular flexibility index (Phi) is 3.97. The smallest absolute Gasteiger partial charge is 0.0271 e. The van der Waals surface area contributed by atoms with E-state index in [1.165, 1.54) is 87.4 Å². The lowest BCUT2D eigenvalue weighted by Crippen LogP contribution is -2.55. The molecule has 0 unspecified atom stereocenters. The molecule has 4 fully saturated rings. The van der Waals surface area contributed by atoms with Gasteiger partial charge in [-0.1, -0.05) is 91.0 Å². The Morgan fingerprint density at radius 1 is 0.513 bits per heavy atom. The first kappa shape index (κ1) is 21.2. The molecule has 0 heteroatoms. The van der Waals surface area contributed by atoms with E-state index >= 15 is 0 Å². The predicted octanol–water partition coefficient (Wildman–Crippen LogP) is 9.80. The van der Waals surface area contributed by atoms with Gasteiger partial charge in [0.15, 0.2) is 0 Å². The largest absolute Gasteiger partial charge is 0.0619 e. The second-order valence-electron chi connectivity index (χ2n) is 13.3. The maximum absolute atomic E-state index is 2.56. The van der Waals surface area contributed by atoms with Gasteiger partial charge in [0.25, 0.3) is 0 Å². The van der Waals surface area contributed by atoms with E-state index in [9.17, 15) is 0 Å². The van der Waals surface area contributed by atoms with Crippen molar-refractivity contribution in [3.05, 3.63) is 119 Å². The van der Waals surface area contributed by atoms with E-state index < -0.39 is 0 Å². The zero-order valence-electron chi connectivity index (χ0n) is 22.3. The van der Waals surface area contributed by atoms with Crippen LogP contribution in [0, 0.1) is 23.7 Å². The molecule has 0 saturated heterocycles. The van der Waals surface area contributed by atoms with E-state index in [-0.39, 0.29) is 5.41 Å². The molecule has 6 aliphatic carbocycles. The first-order valence-electron chi connectivity index (χ1n) is 15.2. The van der Waals surface area contributed by atoms with Crippen molar-refractivity contribution in [2.24, 2.45) is 23.7 Å². The molecule has 6 aliphatic rings. The number of hydrogen-bond acceptors (Lipinski definition) is 0. The van der Waals surface area contributed by atoms with Gasteiger partial charge < -0.3 is 0 Å². The fraction of sp³-hybridized carbons (Fsp3) is 0.282. The molecule has 188 valence electrons. The van der Waals surface area contributed by atoms with Crippen molar-refractivity contribution in [1.29, 1.82) is 0 Å². The summed E-state index contributed by atoms with van der Waals surface area (Å²) in [6.45, 7) is 0. The van der Waals surface area contributed by atoms with Gasteiger partial charge in [0.05, 0.1) is 0 Å². The number of rotatable bonds is 1. The Hall–Kier alpha value is -3.64. The highest BCUT2D eigenvalue weighted by atomic mass is 14.6. The van der Waals surface area contributed by atoms with Gasteiger partial charge in [-0.3, -0.25) is 0 Å². The molecule has 4 saturated carbocycles. The fourth-order valence-electron chi connectivity index (χ4n) is 10.5. The third-order valence-corrected chi connectivity index (χ3v) is 11.7. The van der Waals surface area contributed by atoms with Crippen LogP contribution >= 0.6 is 0 Å². The molecule has 0 atom stereocenters. The third kappa shape index (κ3) is 2.61. The summed E-state index contributed by atoms with van der Waals surface area (Å²) in [5, 5.41) is 2.72. The number of benzene rings is 5. The summed E-state index contributed by atoms with van der Waals surface area (Å²) < 4.78 is 0. The molecule has 0 nitrogen and oxygen atoms in total. The van der Waals surface area contributed by atoms with Crippen molar-refractivity contribution < 1.29 is 0 Å². The minimum Gasteiger partial charge on any atom is -0.0619 e. The monoisotopic (exact) mass is 500 g/mol. The maximum Gasteiger partial charge on any atom is 0.0271 e. The molecule has 0 aliphatic heterocycles. The average molecular weight is 501 g/mol. The van der Waals surface area contributed by atoms with Crippen LogP contribution in [0.5, 0.6) is 0 Å². The highest BCUT2D eigenvalue weighted by molar-refractivity contribution is 6.01. The van der Waals surface area contributed by atoms with Gasteiger partial charge in [-0.05, 0) is 135 Å². The number of fused-ring (bicyclic) bond motifs is 8. The Bertz CT molecular complexity index is 1820. The quantitative estimate of drug-likeness (QED) is 0.211. The van der Waals surface area contributed by atoms with Crippen LogP contribution < -0.4 is 0 Å². The molecular weight excluding hydrogens is 468 g/mol. The summed E-state index contributed by atoms with van der Waals surface area (Å²) >= 11 is 0. The van der Waals surface area contributed by atoms with E-state index in [0.29, 0.717) is 0 Å². The topological polar surface area (TPSA) is 0 Å². The van der Waals surface area contributed by atoms with Gasteiger partial charge in [0, 0.05) is 5.41 Å². The van der Waals surface area contributed by atoms with Gasteiger partial charge in [0.2, 0.25) is 0 Å². The number of hydrogen-bond donors (Lipinski definition) is 0. The summed E-state index contributed by atoms with van der Waals surface area (Å²) in [7, 11) is 0. The summed E-state index contributed by atoms with van der Waals surface area (Å²) in [6.07, 6.45) is 8.33. The fourth-order valence-corrected chi connectivity index (χ4v) is 10.5. The summed E-state index contributed by atoms with van der Waals surface area (Å²) in [5.41, 5.74) is 15.1. The normalized spacial score (nSPS) is 28.5. The highest BCUT2D eigenvalue weighted by Crippen LogP contribution is 2.69. The van der Waals surface area contributed by atoms with Crippen LogP contribution in [0.4, 0.5) is 0 Å². The van der Waals surface area contributed by atoms with E-state index in [0.717, 1.165) is 30.1 Å². The van der Waals surface area contributed by atoms with Crippen molar-refractivity contribution in [1.82, 2.24) is 0 Å². The molecule has 1 spiro atoms. The molecule has 0 amide bonds. The second kappa shape index (κ2) is 7.30. The lowest BCUT2D eigenvalue weighted by molar-refractivity contribution is -0.0399. The summed E-state index contributed by atoms with van der Waals surface area (Å²) in [4.78, 5) is 0. The van der Waals surface area contributed by atoms with Gasteiger partial charge in [-0.15, -0.1) is 0 Å². The first-order chi connectivity index (χ1) is 19.3. The molecule has 0 radical (unpaired) electrons. The van der Waals surface area contributed by atoms with Crippen LogP contribution in [0.25, 0.3) is 44.2 Å². The predicted molar refractivity (Wildman–Crippen MR) is 161 cm³/mol. The lowest BCUT2D eigenvalue weighted by atomic mass is 9.43. The average Bonchev–Trinajstić information content (AvgIpc) is 3.49. The van der Waals surface area contributed by atoms with Gasteiger partial charge >= 0.3 is 0 Å². The van der Waals surface area contributed by atoms with Crippen molar-refractivity contribution in [3.63, 3.8) is 0 Å².